The number of nitrogen functional groups attached to an aromatic ring is 1. The quantitative estimate of drug-likeness (QED) is 0.648. The van der Waals surface area contributed by atoms with E-state index in [0.717, 1.165) is 37.4 Å². The number of anilines is 4. The number of hydrogen-bond donors (Lipinski definition) is 3. The highest BCUT2D eigenvalue weighted by Gasteiger charge is 2.07. The lowest BCUT2D eigenvalue weighted by Gasteiger charge is -2.12. The van der Waals surface area contributed by atoms with Gasteiger partial charge in [-0.1, -0.05) is 13.3 Å². The molecule has 0 aliphatic carbocycles. The smallest absolute Gasteiger partial charge is 0.159 e. The summed E-state index contributed by atoms with van der Waals surface area (Å²) in [5.74, 6) is 2.09. The molecule has 6 heteroatoms. The van der Waals surface area contributed by atoms with Crippen LogP contribution in [0.2, 0.25) is 0 Å². The van der Waals surface area contributed by atoms with Crippen molar-refractivity contribution in [3.8, 4) is 5.75 Å². The number of rotatable bonds is 8. The highest BCUT2D eigenvalue weighted by Crippen LogP contribution is 2.26. The molecule has 0 radical (unpaired) electrons. The molecule has 1 aromatic carbocycles. The first kappa shape index (κ1) is 15.9. The van der Waals surface area contributed by atoms with Crippen molar-refractivity contribution in [1.82, 2.24) is 9.97 Å². The van der Waals surface area contributed by atoms with Crippen LogP contribution in [0.25, 0.3) is 0 Å². The summed E-state index contributed by atoms with van der Waals surface area (Å²) in [4.78, 5) is 8.30. The Hall–Kier alpha value is -2.50. The van der Waals surface area contributed by atoms with Crippen LogP contribution in [0.1, 0.15) is 26.7 Å². The minimum absolute atomic E-state index is 0.507. The van der Waals surface area contributed by atoms with Crippen LogP contribution in [-0.4, -0.2) is 23.1 Å². The van der Waals surface area contributed by atoms with E-state index in [1.165, 1.54) is 6.33 Å². The van der Waals surface area contributed by atoms with Crippen LogP contribution in [0.4, 0.5) is 23.0 Å². The maximum Gasteiger partial charge on any atom is 0.159 e. The first-order chi connectivity index (χ1) is 10.7. The van der Waals surface area contributed by atoms with Crippen molar-refractivity contribution >= 4 is 23.0 Å². The third-order valence-corrected chi connectivity index (χ3v) is 3.11. The second-order valence-corrected chi connectivity index (χ2v) is 4.87. The van der Waals surface area contributed by atoms with Crippen LogP contribution in [0.3, 0.4) is 0 Å². The number of hydrogen-bond acceptors (Lipinski definition) is 6. The highest BCUT2D eigenvalue weighted by molar-refractivity contribution is 5.77. The Labute approximate surface area is 131 Å². The molecule has 0 aliphatic heterocycles. The average Bonchev–Trinajstić information content (AvgIpc) is 2.53. The summed E-state index contributed by atoms with van der Waals surface area (Å²) < 4.78 is 5.64. The normalized spacial score (nSPS) is 10.3. The van der Waals surface area contributed by atoms with Gasteiger partial charge < -0.3 is 21.1 Å². The Morgan fingerprint density at radius 2 is 1.82 bits per heavy atom. The van der Waals surface area contributed by atoms with E-state index in [9.17, 15) is 0 Å². The number of aromatic nitrogens is 2. The van der Waals surface area contributed by atoms with Crippen LogP contribution in [-0.2, 0) is 0 Å². The fourth-order valence-corrected chi connectivity index (χ4v) is 1.91. The molecule has 0 saturated heterocycles. The Kier molecular flexibility index (Phi) is 5.82. The lowest BCUT2D eigenvalue weighted by Crippen LogP contribution is -2.07. The first-order valence-corrected chi connectivity index (χ1v) is 7.58. The van der Waals surface area contributed by atoms with Crippen molar-refractivity contribution < 1.29 is 4.74 Å². The average molecular weight is 301 g/mol. The van der Waals surface area contributed by atoms with E-state index in [1.54, 1.807) is 0 Å². The lowest BCUT2D eigenvalue weighted by molar-refractivity contribution is 0.309. The minimum atomic E-state index is 0.507. The van der Waals surface area contributed by atoms with Crippen LogP contribution in [0, 0.1) is 0 Å². The van der Waals surface area contributed by atoms with E-state index >= 15 is 0 Å². The van der Waals surface area contributed by atoms with Crippen molar-refractivity contribution in [2.45, 2.75) is 26.7 Å². The van der Waals surface area contributed by atoms with E-state index in [1.807, 2.05) is 31.2 Å². The molecule has 0 spiro atoms. The predicted octanol–water partition coefficient (Wildman–Crippen LogP) is 3.41. The zero-order chi connectivity index (χ0) is 15.8. The second-order valence-electron chi connectivity index (χ2n) is 4.87. The lowest BCUT2D eigenvalue weighted by atomic mass is 10.3. The summed E-state index contributed by atoms with van der Waals surface area (Å²) in [5.41, 5.74) is 7.46. The third kappa shape index (κ3) is 4.25. The van der Waals surface area contributed by atoms with Gasteiger partial charge in [-0.2, -0.15) is 0 Å². The van der Waals surface area contributed by atoms with Gasteiger partial charge in [-0.3, -0.25) is 0 Å². The zero-order valence-electron chi connectivity index (χ0n) is 13.1. The van der Waals surface area contributed by atoms with Gasteiger partial charge >= 0.3 is 0 Å². The summed E-state index contributed by atoms with van der Waals surface area (Å²) in [6.07, 6.45) is 3.67. The van der Waals surface area contributed by atoms with Crippen molar-refractivity contribution in [2.75, 3.05) is 29.5 Å². The SMILES string of the molecule is CCCCOc1ccc(Nc2ncnc(NCC)c2N)cc1. The molecular weight excluding hydrogens is 278 g/mol. The van der Waals surface area contributed by atoms with E-state index in [0.29, 0.717) is 17.3 Å². The van der Waals surface area contributed by atoms with Gasteiger partial charge in [-0.25, -0.2) is 9.97 Å². The van der Waals surface area contributed by atoms with Crippen molar-refractivity contribution in [3.05, 3.63) is 30.6 Å². The number of nitrogens with zero attached hydrogens (tertiary/aromatic N) is 2. The predicted molar refractivity (Wildman–Crippen MR) is 90.7 cm³/mol. The molecule has 118 valence electrons. The molecular formula is C16H23N5O. The van der Waals surface area contributed by atoms with Crippen molar-refractivity contribution in [2.24, 2.45) is 0 Å². The molecule has 0 amide bonds. The number of benzene rings is 1. The Bertz CT molecular complexity index is 586. The summed E-state index contributed by atoms with van der Waals surface area (Å²) >= 11 is 0. The van der Waals surface area contributed by atoms with E-state index < -0.39 is 0 Å². The molecule has 22 heavy (non-hydrogen) atoms. The van der Waals surface area contributed by atoms with Crippen LogP contribution in [0.5, 0.6) is 5.75 Å². The maximum atomic E-state index is 6.05. The van der Waals surface area contributed by atoms with Gasteiger partial charge in [0.15, 0.2) is 11.6 Å². The summed E-state index contributed by atoms with van der Waals surface area (Å²) in [6.45, 7) is 5.63. The fraction of sp³-hybridized carbons (Fsp3) is 0.375. The van der Waals surface area contributed by atoms with Crippen LogP contribution in [0.15, 0.2) is 30.6 Å². The van der Waals surface area contributed by atoms with Gasteiger partial charge in [0.2, 0.25) is 0 Å². The van der Waals surface area contributed by atoms with E-state index in [-0.39, 0.29) is 0 Å². The Morgan fingerprint density at radius 1 is 1.09 bits per heavy atom. The van der Waals surface area contributed by atoms with Gasteiger partial charge in [0.25, 0.3) is 0 Å². The van der Waals surface area contributed by atoms with Crippen LogP contribution < -0.4 is 21.1 Å². The van der Waals surface area contributed by atoms with Gasteiger partial charge in [0, 0.05) is 12.2 Å². The summed E-state index contributed by atoms with van der Waals surface area (Å²) in [6, 6.07) is 7.74. The molecule has 2 aromatic rings. The van der Waals surface area contributed by atoms with Crippen LogP contribution >= 0.6 is 0 Å². The summed E-state index contributed by atoms with van der Waals surface area (Å²) in [5, 5.41) is 6.30. The fourth-order valence-electron chi connectivity index (χ4n) is 1.91. The van der Waals surface area contributed by atoms with Gasteiger partial charge in [0.05, 0.1) is 6.61 Å². The van der Waals surface area contributed by atoms with E-state index in [2.05, 4.69) is 27.5 Å². The van der Waals surface area contributed by atoms with Gasteiger partial charge in [-0.15, -0.1) is 0 Å². The topological polar surface area (TPSA) is 85.1 Å². The summed E-state index contributed by atoms with van der Waals surface area (Å²) in [7, 11) is 0. The standard InChI is InChI=1S/C16H23N5O/c1-3-5-10-22-13-8-6-12(7-9-13)21-16-14(17)15(18-4-2)19-11-20-16/h6-9,11H,3-5,10,17H2,1-2H3,(H2,18,19,20,21). The highest BCUT2D eigenvalue weighted by atomic mass is 16.5. The Morgan fingerprint density at radius 3 is 2.50 bits per heavy atom. The third-order valence-electron chi connectivity index (χ3n) is 3.11. The van der Waals surface area contributed by atoms with Crippen molar-refractivity contribution in [3.63, 3.8) is 0 Å². The number of unbranched alkanes of at least 4 members (excludes halogenated alkanes) is 1. The maximum absolute atomic E-state index is 6.05. The minimum Gasteiger partial charge on any atom is -0.494 e. The molecule has 4 N–H and O–H groups in total. The molecule has 0 unspecified atom stereocenters. The Balaban J connectivity index is 2.03. The number of ether oxygens (including phenoxy) is 1. The van der Waals surface area contributed by atoms with E-state index in [4.69, 9.17) is 10.5 Å². The second kappa shape index (κ2) is 8.07. The molecule has 1 heterocycles. The molecule has 6 nitrogen and oxygen atoms in total. The number of nitrogens with two attached hydrogens (primary N) is 1. The zero-order valence-corrected chi connectivity index (χ0v) is 13.1. The largest absolute Gasteiger partial charge is 0.494 e. The van der Waals surface area contributed by atoms with Gasteiger partial charge in [0.1, 0.15) is 17.8 Å². The first-order valence-electron chi connectivity index (χ1n) is 7.58. The molecule has 0 fully saturated rings. The molecule has 2 rings (SSSR count). The molecule has 0 atom stereocenters. The molecule has 0 saturated carbocycles. The monoisotopic (exact) mass is 301 g/mol. The van der Waals surface area contributed by atoms with Gasteiger partial charge in [-0.05, 0) is 37.6 Å². The number of nitrogens with one attached hydrogen (secondary N) is 2. The molecule has 0 bridgehead atoms. The molecule has 1 aromatic heterocycles. The van der Waals surface area contributed by atoms with Crippen molar-refractivity contribution in [1.29, 1.82) is 0 Å². The molecule has 0 aliphatic rings.